The summed E-state index contributed by atoms with van der Waals surface area (Å²) in [6.45, 7) is 8.32. The maximum absolute atomic E-state index is 11.3. The normalized spacial score (nSPS) is 10.4. The first-order valence-corrected chi connectivity index (χ1v) is 9.25. The third-order valence-electron chi connectivity index (χ3n) is 1.97. The summed E-state index contributed by atoms with van der Waals surface area (Å²) in [7, 11) is -1.41. The average Bonchev–Trinajstić information content (AvgIpc) is 2.26. The van der Waals surface area contributed by atoms with E-state index in [9.17, 15) is 4.79 Å². The van der Waals surface area contributed by atoms with E-state index in [1.807, 2.05) is 18.2 Å². The molecule has 0 radical (unpaired) electrons. The predicted octanol–water partition coefficient (Wildman–Crippen LogP) is 3.23. The van der Waals surface area contributed by atoms with Crippen LogP contribution in [0.15, 0.2) is 24.3 Å². The van der Waals surface area contributed by atoms with Gasteiger partial charge in [0.15, 0.2) is 0 Å². The molecule has 0 heterocycles. The van der Waals surface area contributed by atoms with Crippen LogP contribution in [0.3, 0.4) is 0 Å². The fraction of sp³-hybridized carbons (Fsp3) is 0.357. The molecule has 0 saturated carbocycles. The van der Waals surface area contributed by atoms with Crippen LogP contribution in [0.1, 0.15) is 18.9 Å². The number of esters is 1. The Bertz CT molecular complexity index is 461. The number of carbonyl (C=O) groups excluding carboxylic acids is 1. The molecule has 0 N–H and O–H groups in total. The van der Waals surface area contributed by atoms with Crippen LogP contribution in [0, 0.1) is 11.5 Å². The fourth-order valence-electron chi connectivity index (χ4n) is 1.11. The zero-order valence-electron chi connectivity index (χ0n) is 10.8. The van der Waals surface area contributed by atoms with Crippen molar-refractivity contribution < 1.29 is 9.53 Å². The molecule has 0 atom stereocenters. The van der Waals surface area contributed by atoms with Crippen molar-refractivity contribution in [2.24, 2.45) is 0 Å². The summed E-state index contributed by atoms with van der Waals surface area (Å²) in [6.07, 6.45) is 0.371. The largest absolute Gasteiger partial charge is 0.425 e. The molecule has 1 aromatic rings. The van der Waals surface area contributed by atoms with Gasteiger partial charge in [-0.1, -0.05) is 44.6 Å². The average molecular weight is 246 g/mol. The number of carbonyl (C=O) groups is 1. The summed E-state index contributed by atoms with van der Waals surface area (Å²) >= 11 is 0. The lowest BCUT2D eigenvalue weighted by atomic mass is 10.2. The first kappa shape index (κ1) is 13.5. The second-order valence-electron chi connectivity index (χ2n) is 4.82. The van der Waals surface area contributed by atoms with Crippen molar-refractivity contribution in [2.45, 2.75) is 33.0 Å². The highest BCUT2D eigenvalue weighted by atomic mass is 28.3. The van der Waals surface area contributed by atoms with Crippen LogP contribution < -0.4 is 4.74 Å². The van der Waals surface area contributed by atoms with E-state index in [0.717, 1.165) is 5.56 Å². The SMILES string of the molecule is CCC(=O)Oc1ccccc1C#C[Si](C)(C)C. The van der Waals surface area contributed by atoms with Gasteiger partial charge in [-0.3, -0.25) is 4.79 Å². The van der Waals surface area contributed by atoms with Crippen LogP contribution in [0.25, 0.3) is 0 Å². The molecule has 0 aliphatic rings. The lowest BCUT2D eigenvalue weighted by Gasteiger charge is -2.06. The Labute approximate surface area is 104 Å². The van der Waals surface area contributed by atoms with E-state index in [0.29, 0.717) is 12.2 Å². The van der Waals surface area contributed by atoms with Crippen molar-refractivity contribution in [1.29, 1.82) is 0 Å². The molecule has 2 nitrogen and oxygen atoms in total. The van der Waals surface area contributed by atoms with Crippen LogP contribution >= 0.6 is 0 Å². The summed E-state index contributed by atoms with van der Waals surface area (Å²) in [5.74, 6) is 3.45. The Morgan fingerprint density at radius 3 is 2.53 bits per heavy atom. The first-order chi connectivity index (χ1) is 7.92. The Hall–Kier alpha value is -1.53. The third-order valence-corrected chi connectivity index (χ3v) is 2.85. The molecule has 0 aliphatic carbocycles. The summed E-state index contributed by atoms with van der Waals surface area (Å²) in [5, 5.41) is 0. The minimum atomic E-state index is -1.41. The molecule has 17 heavy (non-hydrogen) atoms. The molecule has 0 saturated heterocycles. The molecule has 0 unspecified atom stereocenters. The molecular weight excluding hydrogens is 228 g/mol. The maximum atomic E-state index is 11.3. The highest BCUT2D eigenvalue weighted by Gasteiger charge is 2.09. The van der Waals surface area contributed by atoms with Gasteiger partial charge in [0.1, 0.15) is 13.8 Å². The van der Waals surface area contributed by atoms with Crippen LogP contribution in [-0.2, 0) is 4.79 Å². The van der Waals surface area contributed by atoms with Gasteiger partial charge >= 0.3 is 5.97 Å². The van der Waals surface area contributed by atoms with E-state index < -0.39 is 8.07 Å². The summed E-state index contributed by atoms with van der Waals surface area (Å²) in [4.78, 5) is 11.3. The minimum Gasteiger partial charge on any atom is -0.425 e. The lowest BCUT2D eigenvalue weighted by molar-refractivity contribution is -0.134. The second kappa shape index (κ2) is 5.69. The van der Waals surface area contributed by atoms with Gasteiger partial charge in [0, 0.05) is 6.42 Å². The molecular formula is C14H18O2Si. The van der Waals surface area contributed by atoms with Crippen molar-refractivity contribution in [3.63, 3.8) is 0 Å². The smallest absolute Gasteiger partial charge is 0.310 e. The lowest BCUT2D eigenvalue weighted by Crippen LogP contribution is -2.16. The van der Waals surface area contributed by atoms with Gasteiger partial charge in [-0.2, -0.15) is 0 Å². The summed E-state index contributed by atoms with van der Waals surface area (Å²) in [5.41, 5.74) is 4.06. The van der Waals surface area contributed by atoms with E-state index in [4.69, 9.17) is 4.74 Å². The van der Waals surface area contributed by atoms with Crippen LogP contribution in [0.5, 0.6) is 5.75 Å². The zero-order chi connectivity index (χ0) is 12.9. The van der Waals surface area contributed by atoms with Crippen molar-refractivity contribution in [2.75, 3.05) is 0 Å². The highest BCUT2D eigenvalue weighted by Crippen LogP contribution is 2.17. The molecule has 0 aliphatic heterocycles. The Morgan fingerprint density at radius 1 is 1.29 bits per heavy atom. The van der Waals surface area contributed by atoms with Gasteiger partial charge in [-0.15, -0.1) is 5.54 Å². The minimum absolute atomic E-state index is 0.229. The van der Waals surface area contributed by atoms with Gasteiger partial charge in [-0.25, -0.2) is 0 Å². The molecule has 0 amide bonds. The molecule has 3 heteroatoms. The Morgan fingerprint density at radius 2 is 1.94 bits per heavy atom. The molecule has 90 valence electrons. The molecule has 1 aromatic carbocycles. The van der Waals surface area contributed by atoms with E-state index in [1.54, 1.807) is 13.0 Å². The zero-order valence-corrected chi connectivity index (χ0v) is 11.8. The standard InChI is InChI=1S/C14H18O2Si/c1-5-14(15)16-13-9-7-6-8-12(13)10-11-17(2,3)4/h6-9H,5H2,1-4H3. The summed E-state index contributed by atoms with van der Waals surface area (Å²) in [6, 6.07) is 7.41. The number of hydrogen-bond donors (Lipinski definition) is 0. The highest BCUT2D eigenvalue weighted by molar-refractivity contribution is 6.83. The van der Waals surface area contributed by atoms with Crippen LogP contribution in [0.4, 0.5) is 0 Å². The molecule has 1 rings (SSSR count). The van der Waals surface area contributed by atoms with Crippen LogP contribution in [-0.4, -0.2) is 14.0 Å². The van der Waals surface area contributed by atoms with Gasteiger partial charge in [-0.05, 0) is 12.1 Å². The summed E-state index contributed by atoms with van der Waals surface area (Å²) < 4.78 is 5.23. The van der Waals surface area contributed by atoms with Gasteiger partial charge in [0.05, 0.1) is 5.56 Å². The third kappa shape index (κ3) is 4.88. The van der Waals surface area contributed by atoms with Crippen molar-refractivity contribution in [3.05, 3.63) is 29.8 Å². The predicted molar refractivity (Wildman–Crippen MR) is 72.6 cm³/mol. The number of rotatable bonds is 2. The Kier molecular flexibility index (Phi) is 4.53. The van der Waals surface area contributed by atoms with Crippen molar-refractivity contribution >= 4 is 14.0 Å². The van der Waals surface area contributed by atoms with E-state index in [-0.39, 0.29) is 5.97 Å². The monoisotopic (exact) mass is 246 g/mol. The van der Waals surface area contributed by atoms with E-state index in [2.05, 4.69) is 31.1 Å². The van der Waals surface area contributed by atoms with Crippen molar-refractivity contribution in [1.82, 2.24) is 0 Å². The number of para-hydroxylation sites is 1. The van der Waals surface area contributed by atoms with Gasteiger partial charge in [0.25, 0.3) is 0 Å². The maximum Gasteiger partial charge on any atom is 0.310 e. The molecule has 0 aromatic heterocycles. The molecule has 0 fully saturated rings. The second-order valence-corrected chi connectivity index (χ2v) is 9.57. The number of ether oxygens (including phenoxy) is 1. The Balaban J connectivity index is 2.99. The fourth-order valence-corrected chi connectivity index (χ4v) is 1.62. The molecule has 0 bridgehead atoms. The van der Waals surface area contributed by atoms with Gasteiger partial charge < -0.3 is 4.74 Å². The van der Waals surface area contributed by atoms with Crippen molar-refractivity contribution in [3.8, 4) is 17.2 Å². The van der Waals surface area contributed by atoms with E-state index in [1.165, 1.54) is 0 Å². The number of benzene rings is 1. The van der Waals surface area contributed by atoms with E-state index >= 15 is 0 Å². The van der Waals surface area contributed by atoms with Gasteiger partial charge in [0.2, 0.25) is 0 Å². The first-order valence-electron chi connectivity index (χ1n) is 5.75. The topological polar surface area (TPSA) is 26.3 Å². The number of hydrogen-bond acceptors (Lipinski definition) is 2. The van der Waals surface area contributed by atoms with Crippen LogP contribution in [0.2, 0.25) is 19.6 Å². The molecule has 0 spiro atoms. The quantitative estimate of drug-likeness (QED) is 0.346.